The van der Waals surface area contributed by atoms with Crippen LogP contribution in [-0.4, -0.2) is 69.8 Å². The van der Waals surface area contributed by atoms with Crippen LogP contribution in [0.1, 0.15) is 38.2 Å². The average molecular weight is 530 g/mol. The molecule has 0 saturated carbocycles. The number of carbonyl (C=O) groups excluding carboxylic acids is 1. The molecule has 168 valence electrons. The molecule has 7 nitrogen and oxygen atoms in total. The van der Waals surface area contributed by atoms with Crippen molar-refractivity contribution < 1.29 is 14.3 Å². The first-order valence-electron chi connectivity index (χ1n) is 10.7. The zero-order valence-corrected chi connectivity index (χ0v) is 20.4. The van der Waals surface area contributed by atoms with Gasteiger partial charge in [-0.25, -0.2) is 4.99 Å². The lowest BCUT2D eigenvalue weighted by atomic mass is 9.74. The predicted molar refractivity (Wildman–Crippen MR) is 130 cm³/mol. The van der Waals surface area contributed by atoms with Crippen molar-refractivity contribution in [1.82, 2.24) is 15.5 Å². The van der Waals surface area contributed by atoms with Crippen molar-refractivity contribution in [2.75, 3.05) is 53.0 Å². The molecule has 3 rings (SSSR count). The molecule has 2 aliphatic rings. The van der Waals surface area contributed by atoms with Gasteiger partial charge >= 0.3 is 0 Å². The standard InChI is InChI=1S/C22H34N4O3.HI/c1-3-23-21(24-16-20(27)26-12-4-5-13-26)25-17-22(10-14-29-15-11-22)18-6-8-19(28-2)9-7-18;/h6-9H,3-5,10-17H2,1-2H3,(H2,23,24,25);1H. The second-order valence-corrected chi connectivity index (χ2v) is 7.76. The number of hydrogen-bond donors (Lipinski definition) is 2. The third kappa shape index (κ3) is 6.47. The Morgan fingerprint density at radius 3 is 2.43 bits per heavy atom. The maximum absolute atomic E-state index is 12.3. The Morgan fingerprint density at radius 1 is 1.17 bits per heavy atom. The fraction of sp³-hybridized carbons (Fsp3) is 0.636. The number of nitrogens with zero attached hydrogens (tertiary/aromatic N) is 2. The normalized spacial score (nSPS) is 18.5. The summed E-state index contributed by atoms with van der Waals surface area (Å²) in [7, 11) is 1.68. The Morgan fingerprint density at radius 2 is 1.83 bits per heavy atom. The van der Waals surface area contributed by atoms with E-state index in [0.717, 1.165) is 70.8 Å². The third-order valence-electron chi connectivity index (χ3n) is 5.92. The van der Waals surface area contributed by atoms with Crippen molar-refractivity contribution in [1.29, 1.82) is 0 Å². The lowest BCUT2D eigenvalue weighted by Crippen LogP contribution is -2.48. The van der Waals surface area contributed by atoms with Gasteiger partial charge in [0.2, 0.25) is 5.91 Å². The van der Waals surface area contributed by atoms with Gasteiger partial charge in [-0.2, -0.15) is 0 Å². The summed E-state index contributed by atoms with van der Waals surface area (Å²) < 4.78 is 10.9. The molecule has 8 heteroatoms. The number of hydrogen-bond acceptors (Lipinski definition) is 4. The van der Waals surface area contributed by atoms with Crippen LogP contribution in [0.2, 0.25) is 0 Å². The molecule has 2 N–H and O–H groups in total. The number of benzene rings is 1. The smallest absolute Gasteiger partial charge is 0.244 e. The average Bonchev–Trinajstić information content (AvgIpc) is 3.31. The van der Waals surface area contributed by atoms with Gasteiger partial charge < -0.3 is 25.0 Å². The highest BCUT2D eigenvalue weighted by Gasteiger charge is 2.34. The Labute approximate surface area is 197 Å². The zero-order chi connectivity index (χ0) is 20.5. The molecule has 1 aromatic carbocycles. The van der Waals surface area contributed by atoms with E-state index >= 15 is 0 Å². The van der Waals surface area contributed by atoms with E-state index in [2.05, 4.69) is 27.8 Å². The molecule has 0 radical (unpaired) electrons. The molecule has 2 fully saturated rings. The minimum atomic E-state index is -0.0281. The maximum Gasteiger partial charge on any atom is 0.244 e. The van der Waals surface area contributed by atoms with E-state index in [-0.39, 0.29) is 41.8 Å². The Hall–Kier alpha value is -1.55. The van der Waals surface area contributed by atoms with Crippen LogP contribution in [0.25, 0.3) is 0 Å². The van der Waals surface area contributed by atoms with Gasteiger partial charge in [0.25, 0.3) is 0 Å². The van der Waals surface area contributed by atoms with Crippen molar-refractivity contribution in [2.45, 2.75) is 38.0 Å². The van der Waals surface area contributed by atoms with Crippen LogP contribution >= 0.6 is 24.0 Å². The van der Waals surface area contributed by atoms with Crippen LogP contribution in [0.15, 0.2) is 29.3 Å². The Kier molecular flexibility index (Phi) is 10.2. The monoisotopic (exact) mass is 530 g/mol. The zero-order valence-electron chi connectivity index (χ0n) is 18.1. The number of halogens is 1. The van der Waals surface area contributed by atoms with Crippen molar-refractivity contribution in [3.8, 4) is 5.75 Å². The van der Waals surface area contributed by atoms with Crippen molar-refractivity contribution in [3.63, 3.8) is 0 Å². The number of rotatable bonds is 7. The first kappa shape index (κ1) is 24.7. The van der Waals surface area contributed by atoms with Crippen LogP contribution in [0.5, 0.6) is 5.75 Å². The highest BCUT2D eigenvalue weighted by atomic mass is 127. The molecule has 2 heterocycles. The molecule has 0 bridgehead atoms. The van der Waals surface area contributed by atoms with Crippen LogP contribution in [0.4, 0.5) is 0 Å². The second-order valence-electron chi connectivity index (χ2n) is 7.76. The molecule has 0 spiro atoms. The van der Waals surface area contributed by atoms with Crippen molar-refractivity contribution >= 4 is 35.8 Å². The van der Waals surface area contributed by atoms with Crippen molar-refractivity contribution in [3.05, 3.63) is 29.8 Å². The summed E-state index contributed by atoms with van der Waals surface area (Å²) in [5.74, 6) is 1.66. The van der Waals surface area contributed by atoms with Gasteiger partial charge in [-0.05, 0) is 50.3 Å². The van der Waals surface area contributed by atoms with Crippen LogP contribution < -0.4 is 15.4 Å². The van der Waals surface area contributed by atoms with E-state index in [1.54, 1.807) is 7.11 Å². The molecule has 0 atom stereocenters. The van der Waals surface area contributed by atoms with E-state index in [1.165, 1.54) is 5.56 Å². The summed E-state index contributed by atoms with van der Waals surface area (Å²) in [4.78, 5) is 18.8. The number of guanidine groups is 1. The van der Waals surface area contributed by atoms with Crippen LogP contribution in [-0.2, 0) is 14.9 Å². The topological polar surface area (TPSA) is 75.2 Å². The number of aliphatic imine (C=N–C) groups is 1. The lowest BCUT2D eigenvalue weighted by Gasteiger charge is -2.38. The largest absolute Gasteiger partial charge is 0.497 e. The van der Waals surface area contributed by atoms with Gasteiger partial charge in [0.05, 0.1) is 7.11 Å². The van der Waals surface area contributed by atoms with Crippen molar-refractivity contribution in [2.24, 2.45) is 4.99 Å². The van der Waals surface area contributed by atoms with Gasteiger partial charge in [0.1, 0.15) is 12.3 Å². The highest BCUT2D eigenvalue weighted by molar-refractivity contribution is 14.0. The predicted octanol–water partition coefficient (Wildman–Crippen LogP) is 2.54. The van der Waals surface area contributed by atoms with Crippen LogP contribution in [0.3, 0.4) is 0 Å². The summed E-state index contributed by atoms with van der Waals surface area (Å²) in [5, 5.41) is 6.76. The van der Waals surface area contributed by atoms with E-state index in [4.69, 9.17) is 9.47 Å². The van der Waals surface area contributed by atoms with Gasteiger partial charge in [0.15, 0.2) is 5.96 Å². The van der Waals surface area contributed by atoms with Gasteiger partial charge in [-0.15, -0.1) is 24.0 Å². The molecule has 0 aromatic heterocycles. The van der Waals surface area contributed by atoms with E-state index in [1.807, 2.05) is 24.0 Å². The number of nitrogens with one attached hydrogen (secondary N) is 2. The first-order chi connectivity index (χ1) is 14.2. The fourth-order valence-electron chi connectivity index (χ4n) is 4.08. The van der Waals surface area contributed by atoms with Crippen LogP contribution in [0, 0.1) is 0 Å². The maximum atomic E-state index is 12.3. The fourth-order valence-corrected chi connectivity index (χ4v) is 4.08. The number of ether oxygens (including phenoxy) is 2. The highest BCUT2D eigenvalue weighted by Crippen LogP contribution is 2.35. The van der Waals surface area contributed by atoms with E-state index < -0.39 is 0 Å². The molecule has 1 amide bonds. The molecule has 0 aliphatic carbocycles. The minimum absolute atomic E-state index is 0. The van der Waals surface area contributed by atoms with E-state index in [9.17, 15) is 4.79 Å². The first-order valence-corrected chi connectivity index (χ1v) is 10.7. The summed E-state index contributed by atoms with van der Waals surface area (Å²) in [6.45, 7) is 6.93. The van der Waals surface area contributed by atoms with E-state index in [0.29, 0.717) is 5.96 Å². The summed E-state index contributed by atoms with van der Waals surface area (Å²) in [6.07, 6.45) is 4.08. The molecule has 30 heavy (non-hydrogen) atoms. The quantitative estimate of drug-likeness (QED) is 0.322. The minimum Gasteiger partial charge on any atom is -0.497 e. The van der Waals surface area contributed by atoms with Gasteiger partial charge in [0, 0.05) is 44.8 Å². The second kappa shape index (κ2) is 12.3. The lowest BCUT2D eigenvalue weighted by molar-refractivity contribution is -0.128. The Bertz CT molecular complexity index is 684. The van der Waals surface area contributed by atoms with Gasteiger partial charge in [-0.3, -0.25) is 4.79 Å². The molecular formula is C22H35IN4O3. The summed E-state index contributed by atoms with van der Waals surface area (Å²) in [6, 6.07) is 8.32. The number of carbonyl (C=O) groups is 1. The van der Waals surface area contributed by atoms with Gasteiger partial charge in [-0.1, -0.05) is 12.1 Å². The third-order valence-corrected chi connectivity index (χ3v) is 5.92. The molecular weight excluding hydrogens is 495 g/mol. The molecule has 0 unspecified atom stereocenters. The number of methoxy groups -OCH3 is 1. The SMILES string of the molecule is CCNC(=NCC(=O)N1CCCC1)NCC1(c2ccc(OC)cc2)CCOCC1.I. The summed E-state index contributed by atoms with van der Waals surface area (Å²) >= 11 is 0. The summed E-state index contributed by atoms with van der Waals surface area (Å²) in [5.41, 5.74) is 1.25. The molecule has 1 aromatic rings. The molecule has 2 saturated heterocycles. The molecule has 2 aliphatic heterocycles. The Balaban J connectivity index is 0.00000320. The number of likely N-dealkylation sites (tertiary alicyclic amines) is 1. The number of amides is 1.